The molecule has 5 aromatic carbocycles. The van der Waals surface area contributed by atoms with Crippen LogP contribution >= 0.6 is 29.5 Å². The molecule has 0 saturated carbocycles. The molecular weight excluding hydrogens is 1390 g/mol. The zero-order chi connectivity index (χ0) is 77.1. The van der Waals surface area contributed by atoms with Crippen LogP contribution in [0, 0.1) is 23.7 Å². The molecule has 4 N–H and O–H groups in total. The van der Waals surface area contributed by atoms with E-state index in [9.17, 15) is 37.4 Å². The van der Waals surface area contributed by atoms with Crippen LogP contribution in [0.2, 0.25) is 0 Å². The van der Waals surface area contributed by atoms with Crippen molar-refractivity contribution in [3.05, 3.63) is 204 Å². The van der Waals surface area contributed by atoms with Crippen LogP contribution in [0.4, 0.5) is 0 Å². The predicted octanol–water partition coefficient (Wildman–Crippen LogP) is 17.4. The molecular formula is C79H114O20P4. The van der Waals surface area contributed by atoms with Crippen molar-refractivity contribution >= 4 is 53.4 Å². The molecule has 20 nitrogen and oxygen atoms in total. The number of hydrogen-bond acceptors (Lipinski definition) is 20. The zero-order valence-corrected chi connectivity index (χ0v) is 66.3. The third-order valence-electron chi connectivity index (χ3n) is 14.9. The Morgan fingerprint density at radius 2 is 0.641 bits per heavy atom. The monoisotopic (exact) mass is 1510 g/mol. The SMILES string of the molecule is C/C(=C\CCP(=O)(CC(C)C(=O)OC(C)(C)C)Oc1ccccc1)CO.C/C(=C\CCP(=O)(CC(C)C(=O)OC(C)C)Oc1ccccc1)CO.C/C(=C\CCP(=O)(CC(C)C(=O)OCc1ccccc1)Oc1ccccc1)CO.COC(=O)C(C)CP(=O)(CC/C=C(\C)CO)Oc1ccccc1. The highest BCUT2D eigenvalue weighted by atomic mass is 31.2. The minimum Gasteiger partial charge on any atom is -0.469 e. The minimum absolute atomic E-state index is 0.0254. The maximum absolute atomic E-state index is 13.5. The fourth-order valence-electron chi connectivity index (χ4n) is 9.47. The number of rotatable bonds is 39. The Morgan fingerprint density at radius 3 is 0.893 bits per heavy atom. The standard InChI is InChI=1S/C23H29O5P.C20H31O5P.C19H29O5P.C17H25O5P/c1-19(16-24)10-9-15-29(26,28-22-13-7-4-8-14-22)18-20(2)23(25)27-17-21-11-5-3-6-12-21;1-16(14-21)10-9-13-26(23,25-18-11-7-6-8-12-18)15-17(2)19(22)24-20(3,4)5;1-15(2)23-19(21)17(4)14-25(22,12-8-9-16(3)13-20)24-18-10-6-5-7-11-18;1-14(12-18)8-7-11-23(20,13-15(2)17(19)21-3)22-16-9-5-4-6-10-16/h3-8,10-14,20,24H,9,15-18H2,1-2H3;6-8,10-12,17,21H,9,13-15H2,1-5H3;5-7,9-11,15,17,20H,8,12-14H2,1-4H3;4-6,8-10,15,18H,7,11-13H2,1-3H3/b19-10+;16-10+;16-9+;14-8+. The van der Waals surface area contributed by atoms with Crippen LogP contribution in [0.5, 0.6) is 23.0 Å². The summed E-state index contributed by atoms with van der Waals surface area (Å²) in [6.07, 6.45) is 10.9. The summed E-state index contributed by atoms with van der Waals surface area (Å²) in [5, 5.41) is 36.3. The average molecular weight is 1510 g/mol. The first-order chi connectivity index (χ1) is 48.6. The lowest BCUT2D eigenvalue weighted by Crippen LogP contribution is -2.29. The number of aliphatic hydroxyl groups is 4. The predicted molar refractivity (Wildman–Crippen MR) is 411 cm³/mol. The molecule has 5 rings (SSSR count). The van der Waals surface area contributed by atoms with Gasteiger partial charge in [-0.3, -0.25) is 37.4 Å². The first-order valence-electron chi connectivity index (χ1n) is 34.7. The molecule has 103 heavy (non-hydrogen) atoms. The molecule has 0 aliphatic rings. The van der Waals surface area contributed by atoms with Gasteiger partial charge in [-0.25, -0.2) is 0 Å². The molecule has 570 valence electrons. The fraction of sp³-hybridized carbons (Fsp3) is 0.468. The number of allylic oxidation sites excluding steroid dienone is 4. The normalized spacial score (nSPS) is 15.4. The van der Waals surface area contributed by atoms with Gasteiger partial charge >= 0.3 is 23.9 Å². The van der Waals surface area contributed by atoms with Crippen LogP contribution < -0.4 is 18.1 Å². The number of carbonyl (C=O) groups excluding carboxylic acids is 4. The Balaban J connectivity index is 0.000000468. The summed E-state index contributed by atoms with van der Waals surface area (Å²) in [4.78, 5) is 48.4. The van der Waals surface area contributed by atoms with Gasteiger partial charge in [-0.15, -0.1) is 0 Å². The van der Waals surface area contributed by atoms with E-state index in [1.165, 1.54) is 7.11 Å². The quantitative estimate of drug-likeness (QED) is 0.0123. The summed E-state index contributed by atoms with van der Waals surface area (Å²) in [5.41, 5.74) is 3.58. The van der Waals surface area contributed by atoms with Gasteiger partial charge in [-0.05, 0) is 142 Å². The maximum atomic E-state index is 13.5. The van der Waals surface area contributed by atoms with Crippen molar-refractivity contribution in [2.45, 2.75) is 134 Å². The maximum Gasteiger partial charge on any atom is 0.309 e. The molecule has 0 aromatic heterocycles. The van der Waals surface area contributed by atoms with Gasteiger partial charge in [0, 0.05) is 49.3 Å². The van der Waals surface area contributed by atoms with Crippen LogP contribution in [0.3, 0.4) is 0 Å². The Labute approximate surface area is 612 Å². The highest BCUT2D eigenvalue weighted by Crippen LogP contribution is 2.53. The summed E-state index contributed by atoms with van der Waals surface area (Å²) in [6, 6.07) is 45.3. The van der Waals surface area contributed by atoms with E-state index in [1.807, 2.05) is 136 Å². The van der Waals surface area contributed by atoms with Crippen LogP contribution in [-0.4, -0.2) is 139 Å². The molecule has 0 fully saturated rings. The fourth-order valence-corrected chi connectivity index (χ4v) is 18.9. The summed E-state index contributed by atoms with van der Waals surface area (Å²) >= 11 is 0. The molecule has 0 amide bonds. The lowest BCUT2D eigenvalue weighted by atomic mass is 10.1. The number of methoxy groups -OCH3 is 1. The Bertz CT molecular complexity index is 3590. The van der Waals surface area contributed by atoms with Crippen LogP contribution in [0.15, 0.2) is 198 Å². The molecule has 0 spiro atoms. The third-order valence-corrected chi connectivity index (χ3v) is 25.3. The van der Waals surface area contributed by atoms with Crippen molar-refractivity contribution in [1.82, 2.24) is 0 Å². The number of ether oxygens (including phenoxy) is 4. The van der Waals surface area contributed by atoms with Crippen molar-refractivity contribution in [2.24, 2.45) is 23.7 Å². The Morgan fingerprint density at radius 1 is 0.388 bits per heavy atom. The van der Waals surface area contributed by atoms with Crippen molar-refractivity contribution < 1.29 is 94.9 Å². The number of benzene rings is 5. The highest BCUT2D eigenvalue weighted by Gasteiger charge is 2.35. The van der Waals surface area contributed by atoms with E-state index in [0.29, 0.717) is 67.2 Å². The Hall–Kier alpha value is -7.10. The van der Waals surface area contributed by atoms with Gasteiger partial charge in [0.25, 0.3) is 0 Å². The van der Waals surface area contributed by atoms with Gasteiger partial charge in [0.1, 0.15) is 35.2 Å². The van der Waals surface area contributed by atoms with E-state index in [-0.39, 0.29) is 81.9 Å². The van der Waals surface area contributed by atoms with Gasteiger partial charge in [0.05, 0.1) is 63.3 Å². The van der Waals surface area contributed by atoms with Gasteiger partial charge in [-0.2, -0.15) is 0 Å². The third kappa shape index (κ3) is 41.3. The summed E-state index contributed by atoms with van der Waals surface area (Å²) < 4.78 is 97.3. The number of carbonyl (C=O) groups is 4. The number of hydrogen-bond donors (Lipinski definition) is 4. The van der Waals surface area contributed by atoms with E-state index in [0.717, 1.165) is 27.9 Å². The molecule has 0 radical (unpaired) electrons. The van der Waals surface area contributed by atoms with Crippen LogP contribution in [-0.2, 0) is 63.0 Å². The molecule has 0 aliphatic heterocycles. The van der Waals surface area contributed by atoms with E-state index in [4.69, 9.17) is 57.5 Å². The van der Waals surface area contributed by atoms with Gasteiger partial charge in [0.2, 0.25) is 29.5 Å². The first kappa shape index (κ1) is 92.0. The first-order valence-corrected chi connectivity index (χ1v) is 42.7. The van der Waals surface area contributed by atoms with E-state index < -0.39 is 70.7 Å². The van der Waals surface area contributed by atoms with Gasteiger partial charge in [-0.1, -0.05) is 177 Å². The largest absolute Gasteiger partial charge is 0.469 e. The van der Waals surface area contributed by atoms with Crippen molar-refractivity contribution in [3.8, 4) is 23.0 Å². The lowest BCUT2D eigenvalue weighted by Gasteiger charge is -2.25. The topological polar surface area (TPSA) is 291 Å². The summed E-state index contributed by atoms with van der Waals surface area (Å²) in [7, 11) is -11.1. The lowest BCUT2D eigenvalue weighted by molar-refractivity contribution is -0.158. The van der Waals surface area contributed by atoms with E-state index in [2.05, 4.69) is 0 Å². The molecule has 8 atom stereocenters. The Kier molecular flexibility index (Phi) is 43.6. The van der Waals surface area contributed by atoms with Gasteiger partial charge < -0.3 is 57.5 Å². The summed E-state index contributed by atoms with van der Waals surface area (Å²) in [5.74, 6) is -1.56. The zero-order valence-electron chi connectivity index (χ0n) is 62.8. The van der Waals surface area contributed by atoms with Crippen LogP contribution in [0.1, 0.15) is 121 Å². The van der Waals surface area contributed by atoms with E-state index >= 15 is 0 Å². The molecule has 8 unspecified atom stereocenters. The van der Waals surface area contributed by atoms with Crippen molar-refractivity contribution in [2.75, 3.05) is 82.8 Å². The van der Waals surface area contributed by atoms with Crippen molar-refractivity contribution in [1.29, 1.82) is 0 Å². The second-order valence-electron chi connectivity index (χ2n) is 26.7. The number of esters is 4. The molecule has 24 heteroatoms. The van der Waals surface area contributed by atoms with E-state index in [1.54, 1.807) is 130 Å². The summed E-state index contributed by atoms with van der Waals surface area (Å²) in [6.45, 7) is 23.1. The second kappa shape index (κ2) is 48.8. The second-order valence-corrected chi connectivity index (χ2v) is 37.2. The smallest absolute Gasteiger partial charge is 0.309 e. The molecule has 0 heterocycles. The molecule has 0 saturated heterocycles. The molecule has 5 aromatic rings. The average Bonchev–Trinajstić information content (AvgIpc) is 0.867. The number of para-hydroxylation sites is 4. The van der Waals surface area contributed by atoms with Crippen molar-refractivity contribution in [3.63, 3.8) is 0 Å². The molecule has 0 bridgehead atoms. The minimum atomic E-state index is -3.14. The number of aliphatic hydroxyl groups excluding tert-OH is 4. The van der Waals surface area contributed by atoms with Gasteiger partial charge in [0.15, 0.2) is 0 Å². The molecule has 0 aliphatic carbocycles. The highest BCUT2D eigenvalue weighted by molar-refractivity contribution is 7.60. The van der Waals surface area contributed by atoms with Crippen LogP contribution in [0.25, 0.3) is 0 Å².